The van der Waals surface area contributed by atoms with Crippen LogP contribution in [0, 0.1) is 0 Å². The maximum atomic E-state index is 13.5. The number of anilines is 1. The lowest BCUT2D eigenvalue weighted by molar-refractivity contribution is 0.104. The summed E-state index contributed by atoms with van der Waals surface area (Å²) in [5.74, 6) is 1.65. The summed E-state index contributed by atoms with van der Waals surface area (Å²) in [5.41, 5.74) is 1.91. The van der Waals surface area contributed by atoms with Crippen molar-refractivity contribution in [3.8, 4) is 17.2 Å². The third-order valence-electron chi connectivity index (χ3n) is 6.07. The number of para-hydroxylation sites is 1. The van der Waals surface area contributed by atoms with Crippen LogP contribution >= 0.6 is 11.6 Å². The monoisotopic (exact) mass is 461 g/mol. The van der Waals surface area contributed by atoms with E-state index in [9.17, 15) is 4.79 Å². The van der Waals surface area contributed by atoms with Gasteiger partial charge >= 0.3 is 0 Å². The van der Waals surface area contributed by atoms with E-state index in [1.807, 2.05) is 30.3 Å². The fraction of sp³-hybridized carbons (Fsp3) is 0.200. The minimum atomic E-state index is -0.299. The highest BCUT2D eigenvalue weighted by molar-refractivity contribution is 6.36. The second kappa shape index (κ2) is 7.79. The summed E-state index contributed by atoms with van der Waals surface area (Å²) in [5, 5.41) is 4.58. The van der Waals surface area contributed by atoms with Crippen LogP contribution in [-0.2, 0) is 4.74 Å². The highest BCUT2D eigenvalue weighted by atomic mass is 35.5. The zero-order valence-corrected chi connectivity index (χ0v) is 18.3. The van der Waals surface area contributed by atoms with Crippen LogP contribution in [0.1, 0.15) is 22.3 Å². The zero-order valence-electron chi connectivity index (χ0n) is 17.6. The van der Waals surface area contributed by atoms with Crippen molar-refractivity contribution in [1.29, 1.82) is 0 Å². The number of hydrogen-bond donors (Lipinski definition) is 2. The molecule has 2 aromatic carbocycles. The van der Waals surface area contributed by atoms with Crippen LogP contribution in [0.2, 0.25) is 5.02 Å². The predicted molar refractivity (Wildman–Crippen MR) is 125 cm³/mol. The highest BCUT2D eigenvalue weighted by Gasteiger charge is 2.40. The molecule has 2 aliphatic heterocycles. The normalized spacial score (nSPS) is 19.2. The maximum Gasteiger partial charge on any atom is 0.196 e. The van der Waals surface area contributed by atoms with Crippen LogP contribution in [0.3, 0.4) is 0 Å². The largest absolute Gasteiger partial charge is 0.487 e. The third-order valence-corrected chi connectivity index (χ3v) is 6.39. The number of halogens is 1. The third kappa shape index (κ3) is 3.50. The quantitative estimate of drug-likeness (QED) is 0.406. The average molecular weight is 462 g/mol. The molecule has 4 heterocycles. The molecular formula is C25H20ClN3O4. The Bertz CT molecular complexity index is 1360. The van der Waals surface area contributed by atoms with E-state index in [2.05, 4.69) is 15.3 Å². The van der Waals surface area contributed by atoms with Gasteiger partial charge in [0.2, 0.25) is 0 Å². The number of aromatic nitrogens is 2. The van der Waals surface area contributed by atoms with E-state index in [0.29, 0.717) is 64.3 Å². The van der Waals surface area contributed by atoms with Crippen LogP contribution in [0.25, 0.3) is 11.0 Å². The van der Waals surface area contributed by atoms with Crippen molar-refractivity contribution in [3.05, 3.63) is 77.1 Å². The molecule has 0 bridgehead atoms. The summed E-state index contributed by atoms with van der Waals surface area (Å²) in [7, 11) is 0. The van der Waals surface area contributed by atoms with Crippen molar-refractivity contribution < 1.29 is 19.0 Å². The fourth-order valence-electron chi connectivity index (χ4n) is 4.34. The van der Waals surface area contributed by atoms with Gasteiger partial charge in [0.05, 0.1) is 40.0 Å². The fourth-order valence-corrected chi connectivity index (χ4v) is 4.60. The molecule has 1 saturated heterocycles. The van der Waals surface area contributed by atoms with Gasteiger partial charge in [-0.3, -0.25) is 4.79 Å². The molecule has 2 aliphatic rings. The molecular weight excluding hydrogens is 442 g/mol. The number of fused-ring (bicyclic) bond motifs is 3. The Labute approximate surface area is 194 Å². The number of ketones is 1. The van der Waals surface area contributed by atoms with Crippen molar-refractivity contribution in [1.82, 2.24) is 9.97 Å². The van der Waals surface area contributed by atoms with Crippen molar-refractivity contribution in [2.24, 2.45) is 0 Å². The summed E-state index contributed by atoms with van der Waals surface area (Å²) < 4.78 is 17.4. The minimum absolute atomic E-state index is 0.211. The van der Waals surface area contributed by atoms with Crippen molar-refractivity contribution >= 4 is 34.1 Å². The van der Waals surface area contributed by atoms with Gasteiger partial charge in [0.1, 0.15) is 23.8 Å². The second-order valence-electron chi connectivity index (χ2n) is 8.31. The predicted octanol–water partition coefficient (Wildman–Crippen LogP) is 5.20. The molecule has 0 radical (unpaired) electrons. The van der Waals surface area contributed by atoms with Gasteiger partial charge in [-0.15, -0.1) is 0 Å². The summed E-state index contributed by atoms with van der Waals surface area (Å²) in [4.78, 5) is 21.1. The van der Waals surface area contributed by atoms with E-state index in [-0.39, 0.29) is 11.3 Å². The van der Waals surface area contributed by atoms with E-state index in [4.69, 9.17) is 25.8 Å². The van der Waals surface area contributed by atoms with Crippen LogP contribution < -0.4 is 14.8 Å². The van der Waals surface area contributed by atoms with E-state index in [1.165, 1.54) is 0 Å². The number of hydrogen-bond acceptors (Lipinski definition) is 6. The van der Waals surface area contributed by atoms with Gasteiger partial charge in [-0.1, -0.05) is 29.8 Å². The van der Waals surface area contributed by atoms with Crippen LogP contribution in [0.4, 0.5) is 5.69 Å². The number of benzene rings is 2. The lowest BCUT2D eigenvalue weighted by atomic mass is 9.96. The van der Waals surface area contributed by atoms with Crippen molar-refractivity contribution in [3.63, 3.8) is 0 Å². The Morgan fingerprint density at radius 2 is 1.97 bits per heavy atom. The molecule has 1 atom stereocenters. The first-order chi connectivity index (χ1) is 16.1. The molecule has 0 aliphatic carbocycles. The van der Waals surface area contributed by atoms with Gasteiger partial charge in [0.15, 0.2) is 11.5 Å². The molecule has 166 valence electrons. The number of pyridine rings is 1. The molecule has 1 unspecified atom stereocenters. The zero-order chi connectivity index (χ0) is 22.4. The SMILES string of the molecule is O=C(c1ccc(Oc2ccccc2)cc1Cl)c1c[nH]c2ncc3c(c12)NC1(CCOC1)CO3. The maximum absolute atomic E-state index is 13.5. The molecule has 2 aromatic heterocycles. The lowest BCUT2D eigenvalue weighted by Gasteiger charge is -2.35. The minimum Gasteiger partial charge on any atom is -0.487 e. The Kier molecular flexibility index (Phi) is 4.74. The molecule has 1 spiro atoms. The molecule has 6 rings (SSSR count). The first-order valence-electron chi connectivity index (χ1n) is 10.7. The molecule has 0 saturated carbocycles. The first-order valence-corrected chi connectivity index (χ1v) is 11.1. The number of carbonyl (C=O) groups excluding carboxylic acids is 1. The number of aromatic amines is 1. The van der Waals surface area contributed by atoms with E-state index < -0.39 is 0 Å². The van der Waals surface area contributed by atoms with E-state index in [1.54, 1.807) is 30.6 Å². The molecule has 0 amide bonds. The Hall–Kier alpha value is -3.55. The Morgan fingerprint density at radius 3 is 2.76 bits per heavy atom. The molecule has 2 N–H and O–H groups in total. The summed E-state index contributed by atoms with van der Waals surface area (Å²) >= 11 is 6.52. The molecule has 4 aromatic rings. The van der Waals surface area contributed by atoms with Crippen LogP contribution in [-0.4, -0.2) is 41.1 Å². The van der Waals surface area contributed by atoms with Crippen molar-refractivity contribution in [2.75, 3.05) is 25.1 Å². The van der Waals surface area contributed by atoms with Gasteiger partial charge in [-0.25, -0.2) is 4.98 Å². The number of carbonyl (C=O) groups is 1. The molecule has 7 nitrogen and oxygen atoms in total. The lowest BCUT2D eigenvalue weighted by Crippen LogP contribution is -2.47. The number of nitrogens with one attached hydrogen (secondary N) is 2. The van der Waals surface area contributed by atoms with Gasteiger partial charge < -0.3 is 24.5 Å². The second-order valence-corrected chi connectivity index (χ2v) is 8.71. The molecule has 1 fully saturated rings. The van der Waals surface area contributed by atoms with Gasteiger partial charge in [0, 0.05) is 24.4 Å². The molecule has 8 heteroatoms. The summed E-state index contributed by atoms with van der Waals surface area (Å²) in [6.45, 7) is 1.72. The van der Waals surface area contributed by atoms with Crippen molar-refractivity contribution in [2.45, 2.75) is 12.0 Å². The van der Waals surface area contributed by atoms with Gasteiger partial charge in [-0.05, 0) is 30.7 Å². The Balaban J connectivity index is 1.36. The number of nitrogens with zero attached hydrogens (tertiary/aromatic N) is 1. The topological polar surface area (TPSA) is 85.5 Å². The first kappa shape index (κ1) is 20.1. The standard InChI is InChI=1S/C25H20ClN3O4/c26-19-10-16(33-15-4-2-1-3-5-15)6-7-17(19)23(30)18-11-27-24-21(18)22-20(12-28-24)32-14-25(29-22)8-9-31-13-25/h1-7,10-12,29H,8-9,13-14H2,(H,27,28). The van der Waals surface area contributed by atoms with Gasteiger partial charge in [-0.2, -0.15) is 0 Å². The Morgan fingerprint density at radius 1 is 1.09 bits per heavy atom. The highest BCUT2D eigenvalue weighted by Crippen LogP contribution is 2.42. The molecule has 33 heavy (non-hydrogen) atoms. The average Bonchev–Trinajstić information content (AvgIpc) is 3.47. The number of ether oxygens (including phenoxy) is 3. The van der Waals surface area contributed by atoms with Crippen LogP contribution in [0.5, 0.6) is 17.2 Å². The number of rotatable bonds is 4. The smallest absolute Gasteiger partial charge is 0.196 e. The van der Waals surface area contributed by atoms with E-state index >= 15 is 0 Å². The van der Waals surface area contributed by atoms with E-state index in [0.717, 1.165) is 12.1 Å². The summed E-state index contributed by atoms with van der Waals surface area (Å²) in [6.07, 6.45) is 4.17. The van der Waals surface area contributed by atoms with Gasteiger partial charge in [0.25, 0.3) is 0 Å². The van der Waals surface area contributed by atoms with Crippen LogP contribution in [0.15, 0.2) is 60.9 Å². The number of H-pyrrole nitrogens is 1. The summed E-state index contributed by atoms with van der Waals surface area (Å²) in [6, 6.07) is 14.5.